The largest absolute Gasteiger partial charge is 0.381 e. The molecule has 2 aliphatic heterocycles. The van der Waals surface area contributed by atoms with Crippen LogP contribution in [0.25, 0.3) is 11.4 Å². The third-order valence-electron chi connectivity index (χ3n) is 5.76. The van der Waals surface area contributed by atoms with Crippen molar-refractivity contribution in [3.8, 4) is 11.4 Å². The highest BCUT2D eigenvalue weighted by molar-refractivity contribution is 5.55. The van der Waals surface area contributed by atoms with E-state index in [-0.39, 0.29) is 5.41 Å². The van der Waals surface area contributed by atoms with Crippen LogP contribution in [0.1, 0.15) is 43.6 Å². The Labute approximate surface area is 154 Å². The van der Waals surface area contributed by atoms with Crippen LogP contribution in [0.2, 0.25) is 0 Å². The predicted octanol–water partition coefficient (Wildman–Crippen LogP) is 2.73. The first-order chi connectivity index (χ1) is 12.8. The van der Waals surface area contributed by atoms with E-state index in [2.05, 4.69) is 28.3 Å². The lowest BCUT2D eigenvalue weighted by Crippen LogP contribution is -2.40. The maximum atomic E-state index is 6.06. The van der Waals surface area contributed by atoms with Gasteiger partial charge in [-0.15, -0.1) is 0 Å². The van der Waals surface area contributed by atoms with Crippen LogP contribution < -0.4 is 5.73 Å². The summed E-state index contributed by atoms with van der Waals surface area (Å²) >= 11 is 0. The van der Waals surface area contributed by atoms with Crippen molar-refractivity contribution in [2.45, 2.75) is 44.1 Å². The summed E-state index contributed by atoms with van der Waals surface area (Å²) in [6.07, 6.45) is 5.63. The molecule has 26 heavy (non-hydrogen) atoms. The van der Waals surface area contributed by atoms with Gasteiger partial charge in [-0.3, -0.25) is 4.90 Å². The highest BCUT2D eigenvalue weighted by Crippen LogP contribution is 2.33. The Bertz CT molecular complexity index is 718. The summed E-state index contributed by atoms with van der Waals surface area (Å²) in [5, 5.41) is 4.25. The Hall–Kier alpha value is -1.76. The summed E-state index contributed by atoms with van der Waals surface area (Å²) in [5.74, 6) is 1.31. The van der Waals surface area contributed by atoms with Crippen molar-refractivity contribution in [3.63, 3.8) is 0 Å². The van der Waals surface area contributed by atoms with Crippen LogP contribution in [0.4, 0.5) is 0 Å². The third-order valence-corrected chi connectivity index (χ3v) is 5.76. The molecule has 6 nitrogen and oxygen atoms in total. The molecule has 2 fully saturated rings. The van der Waals surface area contributed by atoms with Crippen molar-refractivity contribution in [1.82, 2.24) is 15.0 Å². The molecule has 0 aliphatic carbocycles. The number of piperidine rings is 1. The van der Waals surface area contributed by atoms with Crippen LogP contribution in [0.15, 0.2) is 28.8 Å². The topological polar surface area (TPSA) is 77.4 Å². The molecule has 1 aromatic heterocycles. The van der Waals surface area contributed by atoms with E-state index in [1.165, 1.54) is 37.9 Å². The molecule has 0 amide bonds. The summed E-state index contributed by atoms with van der Waals surface area (Å²) in [6, 6.07) is 8.49. The van der Waals surface area contributed by atoms with Gasteiger partial charge in [0.1, 0.15) is 0 Å². The molecule has 140 valence electrons. The maximum Gasteiger partial charge on any atom is 0.234 e. The summed E-state index contributed by atoms with van der Waals surface area (Å²) in [7, 11) is 0. The Kier molecular flexibility index (Phi) is 5.33. The van der Waals surface area contributed by atoms with Crippen molar-refractivity contribution >= 4 is 0 Å². The van der Waals surface area contributed by atoms with Gasteiger partial charge in [-0.05, 0) is 50.4 Å². The number of rotatable bonds is 5. The standard InChI is InChI=1S/C20H28N4O2/c21-15-20(7-11-25-12-8-20)19-22-18(23-26-19)17-6-4-5-16(13-17)14-24-9-2-1-3-10-24/h4-6,13H,1-3,7-12,14-15,21H2. The van der Waals surface area contributed by atoms with Crippen molar-refractivity contribution < 1.29 is 9.26 Å². The second-order valence-corrected chi connectivity index (χ2v) is 7.56. The SMILES string of the molecule is NCC1(c2nc(-c3cccc(CN4CCCCC4)c3)no2)CCOCC1. The third kappa shape index (κ3) is 3.68. The monoisotopic (exact) mass is 356 g/mol. The van der Waals surface area contributed by atoms with Crippen molar-refractivity contribution in [2.75, 3.05) is 32.8 Å². The van der Waals surface area contributed by atoms with E-state index >= 15 is 0 Å². The zero-order chi connectivity index (χ0) is 17.8. The molecule has 0 bridgehead atoms. The van der Waals surface area contributed by atoms with Gasteiger partial charge in [-0.25, -0.2) is 0 Å². The fraction of sp³-hybridized carbons (Fsp3) is 0.600. The fourth-order valence-corrected chi connectivity index (χ4v) is 4.01. The van der Waals surface area contributed by atoms with E-state index in [0.717, 1.165) is 24.9 Å². The molecule has 3 heterocycles. The Morgan fingerprint density at radius 2 is 1.92 bits per heavy atom. The van der Waals surface area contributed by atoms with Crippen LogP contribution in [0.5, 0.6) is 0 Å². The van der Waals surface area contributed by atoms with E-state index < -0.39 is 0 Å². The Morgan fingerprint density at radius 1 is 1.12 bits per heavy atom. The molecule has 0 saturated carbocycles. The molecule has 0 spiro atoms. The minimum absolute atomic E-state index is 0.241. The summed E-state index contributed by atoms with van der Waals surface area (Å²) < 4.78 is 11.1. The Morgan fingerprint density at radius 3 is 2.69 bits per heavy atom. The minimum Gasteiger partial charge on any atom is -0.381 e. The average molecular weight is 356 g/mol. The van der Waals surface area contributed by atoms with Gasteiger partial charge in [0.05, 0.1) is 5.41 Å². The normalized spacial score (nSPS) is 21.0. The maximum absolute atomic E-state index is 6.06. The van der Waals surface area contributed by atoms with E-state index in [1.807, 2.05) is 6.07 Å². The van der Waals surface area contributed by atoms with Crippen LogP contribution in [-0.2, 0) is 16.7 Å². The first-order valence-corrected chi connectivity index (χ1v) is 9.73. The second kappa shape index (κ2) is 7.86. The van der Waals surface area contributed by atoms with Gasteiger partial charge in [-0.1, -0.05) is 29.8 Å². The smallest absolute Gasteiger partial charge is 0.234 e. The lowest BCUT2D eigenvalue weighted by molar-refractivity contribution is 0.0409. The number of nitrogens with zero attached hydrogens (tertiary/aromatic N) is 3. The van der Waals surface area contributed by atoms with E-state index in [9.17, 15) is 0 Å². The lowest BCUT2D eigenvalue weighted by atomic mass is 9.80. The summed E-state index contributed by atoms with van der Waals surface area (Å²) in [6.45, 7) is 5.27. The molecular weight excluding hydrogens is 328 g/mol. The zero-order valence-corrected chi connectivity index (χ0v) is 15.3. The number of nitrogens with two attached hydrogens (primary N) is 1. The molecule has 2 aliphatic rings. The van der Waals surface area contributed by atoms with Gasteiger partial charge in [0.2, 0.25) is 11.7 Å². The van der Waals surface area contributed by atoms with Crippen LogP contribution >= 0.6 is 0 Å². The van der Waals surface area contributed by atoms with Gasteiger partial charge in [0.15, 0.2) is 0 Å². The number of benzene rings is 1. The molecule has 4 rings (SSSR count). The molecule has 0 radical (unpaired) electrons. The predicted molar refractivity (Wildman–Crippen MR) is 99.6 cm³/mol. The van der Waals surface area contributed by atoms with E-state index in [4.69, 9.17) is 20.0 Å². The number of hydrogen-bond donors (Lipinski definition) is 1. The number of ether oxygens (including phenoxy) is 1. The lowest BCUT2D eigenvalue weighted by Gasteiger charge is -2.32. The molecule has 0 atom stereocenters. The van der Waals surface area contributed by atoms with Crippen molar-refractivity contribution in [3.05, 3.63) is 35.7 Å². The van der Waals surface area contributed by atoms with Gasteiger partial charge in [0, 0.05) is 31.9 Å². The number of hydrogen-bond acceptors (Lipinski definition) is 6. The molecule has 1 aromatic carbocycles. The molecule has 0 unspecified atom stereocenters. The quantitative estimate of drug-likeness (QED) is 0.888. The molecule has 2 aromatic rings. The molecular formula is C20H28N4O2. The molecule has 2 N–H and O–H groups in total. The average Bonchev–Trinajstić information content (AvgIpc) is 3.20. The highest BCUT2D eigenvalue weighted by Gasteiger charge is 2.38. The van der Waals surface area contributed by atoms with Gasteiger partial charge in [0.25, 0.3) is 0 Å². The van der Waals surface area contributed by atoms with Gasteiger partial charge >= 0.3 is 0 Å². The number of likely N-dealkylation sites (tertiary alicyclic amines) is 1. The molecule has 2 saturated heterocycles. The van der Waals surface area contributed by atoms with Crippen molar-refractivity contribution in [1.29, 1.82) is 0 Å². The first kappa shape index (κ1) is 17.6. The zero-order valence-electron chi connectivity index (χ0n) is 15.3. The van der Waals surface area contributed by atoms with Gasteiger partial charge < -0.3 is 15.0 Å². The summed E-state index contributed by atoms with van der Waals surface area (Å²) in [5.41, 5.74) is 8.13. The van der Waals surface area contributed by atoms with Gasteiger partial charge in [-0.2, -0.15) is 4.98 Å². The highest BCUT2D eigenvalue weighted by atomic mass is 16.5. The van der Waals surface area contributed by atoms with E-state index in [0.29, 0.717) is 31.5 Å². The Balaban J connectivity index is 1.52. The van der Waals surface area contributed by atoms with E-state index in [1.54, 1.807) is 0 Å². The number of aromatic nitrogens is 2. The van der Waals surface area contributed by atoms with Crippen molar-refractivity contribution in [2.24, 2.45) is 5.73 Å². The molecule has 6 heteroatoms. The second-order valence-electron chi connectivity index (χ2n) is 7.56. The summed E-state index contributed by atoms with van der Waals surface area (Å²) in [4.78, 5) is 7.23. The van der Waals surface area contributed by atoms with Crippen LogP contribution in [0, 0.1) is 0 Å². The van der Waals surface area contributed by atoms with Crippen LogP contribution in [-0.4, -0.2) is 47.9 Å². The first-order valence-electron chi connectivity index (χ1n) is 9.73. The fourth-order valence-electron chi connectivity index (χ4n) is 4.01. The minimum atomic E-state index is -0.241. The van der Waals surface area contributed by atoms with Crippen LogP contribution in [0.3, 0.4) is 0 Å².